The molecule has 2 aromatic carbocycles. The molecule has 0 aliphatic carbocycles. The largest absolute Gasteiger partial charge is 0.436 e. The van der Waals surface area contributed by atoms with Crippen molar-refractivity contribution in [1.82, 2.24) is 10.2 Å². The monoisotopic (exact) mass is 419 g/mol. The second kappa shape index (κ2) is 7.33. The van der Waals surface area contributed by atoms with Gasteiger partial charge in [0.2, 0.25) is 5.89 Å². The molecule has 1 N–H and O–H groups in total. The van der Waals surface area contributed by atoms with Crippen LogP contribution >= 0.6 is 19.3 Å². The summed E-state index contributed by atoms with van der Waals surface area (Å²) in [6.45, 7) is 4.24. The van der Waals surface area contributed by atoms with Gasteiger partial charge in [0.1, 0.15) is 6.10 Å². The molecule has 28 heavy (non-hydrogen) atoms. The van der Waals surface area contributed by atoms with Gasteiger partial charge in [0.05, 0.1) is 6.61 Å². The average molecular weight is 420 g/mol. The maximum Gasteiger partial charge on any atom is 0.436 e. The summed E-state index contributed by atoms with van der Waals surface area (Å²) in [4.78, 5) is 0. The summed E-state index contributed by atoms with van der Waals surface area (Å²) in [7, 11) is -3.69. The molecule has 0 bridgehead atoms. The van der Waals surface area contributed by atoms with Crippen LogP contribution in [0.3, 0.4) is 0 Å². The first-order valence-electron chi connectivity index (χ1n) is 8.70. The third kappa shape index (κ3) is 3.98. The van der Waals surface area contributed by atoms with Crippen LogP contribution in [0.1, 0.15) is 25.5 Å². The van der Waals surface area contributed by atoms with E-state index in [-0.39, 0.29) is 23.9 Å². The lowest BCUT2D eigenvalue weighted by molar-refractivity contribution is -0.0250. The smallest absolute Gasteiger partial charge is 0.403 e. The Morgan fingerprint density at radius 2 is 1.82 bits per heavy atom. The van der Waals surface area contributed by atoms with Crippen LogP contribution in [0.2, 0.25) is 5.02 Å². The molecule has 2 heterocycles. The van der Waals surface area contributed by atoms with E-state index in [1.165, 1.54) is 0 Å². The number of benzene rings is 2. The molecule has 9 heteroatoms. The Morgan fingerprint density at radius 3 is 2.54 bits per heavy atom. The van der Waals surface area contributed by atoms with Crippen LogP contribution in [0.4, 0.5) is 6.01 Å². The minimum absolute atomic E-state index is 0.0419. The molecule has 2 atom stereocenters. The van der Waals surface area contributed by atoms with Crippen LogP contribution in [0, 0.1) is 5.41 Å². The number of rotatable bonds is 4. The van der Waals surface area contributed by atoms with Gasteiger partial charge in [0.15, 0.2) is 0 Å². The summed E-state index contributed by atoms with van der Waals surface area (Å²) >= 11 is 5.89. The Balaban J connectivity index is 1.54. The highest BCUT2D eigenvalue weighted by Gasteiger charge is 2.46. The number of aromatic nitrogens is 2. The fraction of sp³-hybridized carbons (Fsp3) is 0.263. The zero-order chi connectivity index (χ0) is 19.8. The Morgan fingerprint density at radius 1 is 1.11 bits per heavy atom. The third-order valence-electron chi connectivity index (χ3n) is 4.41. The molecule has 1 unspecified atom stereocenters. The molecule has 1 aromatic heterocycles. The number of anilines is 1. The lowest BCUT2D eigenvalue weighted by atomic mass is 9.83. The second-order valence-corrected chi connectivity index (χ2v) is 9.31. The first kappa shape index (κ1) is 19.2. The number of nitrogens with one attached hydrogen (secondary N) is 1. The van der Waals surface area contributed by atoms with E-state index >= 15 is 0 Å². The zero-order valence-corrected chi connectivity index (χ0v) is 17.0. The van der Waals surface area contributed by atoms with Crippen LogP contribution in [0.15, 0.2) is 59.0 Å². The molecule has 0 amide bonds. The van der Waals surface area contributed by atoms with Gasteiger partial charge in [-0.15, -0.1) is 5.10 Å². The molecule has 7 nitrogen and oxygen atoms in total. The topological polar surface area (TPSA) is 86.5 Å². The molecule has 3 aromatic rings. The summed E-state index contributed by atoms with van der Waals surface area (Å²) < 4.78 is 30.2. The SMILES string of the molecule is CC1(C)COP(=O)(Nc2nnc(-c3ccc(Cl)cc3)o2)O[C@H]1c1ccccc1. The summed E-state index contributed by atoms with van der Waals surface area (Å²) in [5, 5.41) is 11.1. The number of halogens is 1. The molecule has 0 radical (unpaired) electrons. The minimum Gasteiger partial charge on any atom is -0.403 e. The van der Waals surface area contributed by atoms with E-state index in [1.807, 2.05) is 44.2 Å². The molecular weight excluding hydrogens is 401 g/mol. The molecule has 4 rings (SSSR count). The highest BCUT2D eigenvalue weighted by molar-refractivity contribution is 7.55. The molecular formula is C19H19ClN3O4P. The first-order valence-corrected chi connectivity index (χ1v) is 10.6. The van der Waals surface area contributed by atoms with Crippen molar-refractivity contribution >= 4 is 25.4 Å². The molecule has 146 valence electrons. The van der Waals surface area contributed by atoms with Gasteiger partial charge in [-0.2, -0.15) is 0 Å². The van der Waals surface area contributed by atoms with Gasteiger partial charge in [0, 0.05) is 16.0 Å². The fourth-order valence-corrected chi connectivity index (χ4v) is 4.75. The zero-order valence-electron chi connectivity index (χ0n) is 15.3. The highest BCUT2D eigenvalue weighted by Crippen LogP contribution is 2.60. The molecule has 1 aliphatic rings. The Bertz CT molecular complexity index is 1010. The normalized spacial score (nSPS) is 24.0. The van der Waals surface area contributed by atoms with E-state index in [0.717, 1.165) is 5.56 Å². The maximum absolute atomic E-state index is 13.2. The summed E-state index contributed by atoms with van der Waals surface area (Å²) in [5.74, 6) is 0.266. The average Bonchev–Trinajstić information content (AvgIpc) is 3.13. The van der Waals surface area contributed by atoms with Crippen LogP contribution in [-0.2, 0) is 13.6 Å². The van der Waals surface area contributed by atoms with E-state index in [1.54, 1.807) is 24.3 Å². The predicted octanol–water partition coefficient (Wildman–Crippen LogP) is 5.72. The van der Waals surface area contributed by atoms with Crippen molar-refractivity contribution in [3.8, 4) is 11.5 Å². The van der Waals surface area contributed by atoms with Gasteiger partial charge in [-0.05, 0) is 29.8 Å². The van der Waals surface area contributed by atoms with Gasteiger partial charge in [-0.25, -0.2) is 9.65 Å². The van der Waals surface area contributed by atoms with E-state index in [2.05, 4.69) is 15.3 Å². The Kier molecular flexibility index (Phi) is 5.02. The van der Waals surface area contributed by atoms with Crippen molar-refractivity contribution in [2.24, 2.45) is 5.41 Å². The van der Waals surface area contributed by atoms with Gasteiger partial charge in [0.25, 0.3) is 0 Å². The second-order valence-electron chi connectivity index (χ2n) is 7.19. The molecule has 0 saturated carbocycles. The third-order valence-corrected chi connectivity index (χ3v) is 6.09. The predicted molar refractivity (Wildman–Crippen MR) is 106 cm³/mol. The van der Waals surface area contributed by atoms with Gasteiger partial charge in [-0.1, -0.05) is 60.9 Å². The van der Waals surface area contributed by atoms with Gasteiger partial charge in [-0.3, -0.25) is 9.05 Å². The molecule has 1 fully saturated rings. The number of hydrogen-bond acceptors (Lipinski definition) is 6. The van der Waals surface area contributed by atoms with Crippen LogP contribution < -0.4 is 5.09 Å². The van der Waals surface area contributed by atoms with Gasteiger partial charge < -0.3 is 4.42 Å². The van der Waals surface area contributed by atoms with Crippen molar-refractivity contribution in [2.45, 2.75) is 20.0 Å². The van der Waals surface area contributed by atoms with Crippen molar-refractivity contribution in [3.63, 3.8) is 0 Å². The summed E-state index contributed by atoms with van der Waals surface area (Å²) in [6, 6.07) is 16.5. The molecule has 0 spiro atoms. The van der Waals surface area contributed by atoms with Crippen LogP contribution in [0.5, 0.6) is 0 Å². The van der Waals surface area contributed by atoms with E-state index in [4.69, 9.17) is 25.1 Å². The summed E-state index contributed by atoms with van der Waals surface area (Å²) in [5.41, 5.74) is 1.25. The van der Waals surface area contributed by atoms with Crippen LogP contribution in [-0.4, -0.2) is 16.8 Å². The van der Waals surface area contributed by atoms with E-state index < -0.39 is 13.9 Å². The van der Waals surface area contributed by atoms with Crippen molar-refractivity contribution in [2.75, 3.05) is 11.7 Å². The van der Waals surface area contributed by atoms with E-state index in [0.29, 0.717) is 10.6 Å². The highest BCUT2D eigenvalue weighted by atomic mass is 35.5. The number of nitrogens with zero attached hydrogens (tertiary/aromatic N) is 2. The number of hydrogen-bond donors (Lipinski definition) is 1. The maximum atomic E-state index is 13.2. The minimum atomic E-state index is -3.69. The first-order chi connectivity index (χ1) is 13.3. The molecule has 1 saturated heterocycles. The Hall–Kier alpha value is -2.18. The lowest BCUT2D eigenvalue weighted by Crippen LogP contribution is -2.34. The van der Waals surface area contributed by atoms with E-state index in [9.17, 15) is 4.57 Å². The van der Waals surface area contributed by atoms with Gasteiger partial charge >= 0.3 is 13.8 Å². The van der Waals surface area contributed by atoms with Crippen LogP contribution in [0.25, 0.3) is 11.5 Å². The van der Waals surface area contributed by atoms with Crippen molar-refractivity contribution in [3.05, 3.63) is 65.2 Å². The Labute approximate surface area is 167 Å². The van der Waals surface area contributed by atoms with Crippen molar-refractivity contribution in [1.29, 1.82) is 0 Å². The van der Waals surface area contributed by atoms with Crippen molar-refractivity contribution < 1.29 is 18.0 Å². The standard InChI is InChI=1S/C19H19ClN3O4P/c1-19(2)12-25-28(24,27-16(19)13-6-4-3-5-7-13)23-18-22-21-17(26-18)14-8-10-15(20)11-9-14/h3-11,16H,12H2,1-2H3,(H,22,23,24)/t16-,28?/m0/s1. The molecule has 1 aliphatic heterocycles. The summed E-state index contributed by atoms with van der Waals surface area (Å²) in [6.07, 6.45) is -0.417. The lowest BCUT2D eigenvalue weighted by Gasteiger charge is -2.41. The quantitative estimate of drug-likeness (QED) is 0.541. The fourth-order valence-electron chi connectivity index (χ4n) is 2.93.